The third-order valence-corrected chi connectivity index (χ3v) is 5.07. The van der Waals surface area contributed by atoms with Crippen LogP contribution in [0.15, 0.2) is 42.5 Å². The van der Waals surface area contributed by atoms with E-state index in [2.05, 4.69) is 16.0 Å². The van der Waals surface area contributed by atoms with E-state index in [1.54, 1.807) is 30.3 Å². The van der Waals surface area contributed by atoms with Gasteiger partial charge in [-0.2, -0.15) is 0 Å². The van der Waals surface area contributed by atoms with Crippen molar-refractivity contribution < 1.29 is 19.1 Å². The van der Waals surface area contributed by atoms with Gasteiger partial charge in [-0.25, -0.2) is 4.79 Å². The number of amides is 3. The normalized spacial score (nSPS) is 17.0. The molecule has 0 aromatic heterocycles. The van der Waals surface area contributed by atoms with E-state index in [4.69, 9.17) is 9.47 Å². The van der Waals surface area contributed by atoms with Gasteiger partial charge in [0.25, 0.3) is 0 Å². The van der Waals surface area contributed by atoms with Gasteiger partial charge in [-0.1, -0.05) is 0 Å². The van der Waals surface area contributed by atoms with Gasteiger partial charge in [0, 0.05) is 41.0 Å². The molecule has 1 atom stereocenters. The minimum atomic E-state index is -0.260. The lowest BCUT2D eigenvalue weighted by atomic mass is 10.1. The van der Waals surface area contributed by atoms with Crippen LogP contribution in [0.1, 0.15) is 37.8 Å². The van der Waals surface area contributed by atoms with Crippen molar-refractivity contribution in [1.82, 2.24) is 5.32 Å². The number of hydrogen-bond donors (Lipinski definition) is 3. The van der Waals surface area contributed by atoms with Crippen LogP contribution in [0.4, 0.5) is 16.2 Å². The molecule has 162 valence electrons. The summed E-state index contributed by atoms with van der Waals surface area (Å²) in [7, 11) is 0. The first-order valence-corrected chi connectivity index (χ1v) is 10.6. The highest BCUT2D eigenvalue weighted by Crippen LogP contribution is 2.35. The quantitative estimate of drug-likeness (QED) is 0.580. The Hall–Kier alpha value is -3.48. The maximum atomic E-state index is 12.4. The van der Waals surface area contributed by atoms with Crippen molar-refractivity contribution in [3.8, 4) is 11.5 Å². The Morgan fingerprint density at radius 3 is 2.52 bits per heavy atom. The van der Waals surface area contributed by atoms with Crippen molar-refractivity contribution in [1.29, 1.82) is 0 Å². The molecule has 0 radical (unpaired) electrons. The molecule has 0 bridgehead atoms. The van der Waals surface area contributed by atoms with Crippen LogP contribution in [0.3, 0.4) is 0 Å². The minimum absolute atomic E-state index is 0.143. The summed E-state index contributed by atoms with van der Waals surface area (Å²) in [6.07, 6.45) is 6.27. The molecular weight excluding hydrogens is 394 g/mol. The first-order valence-electron chi connectivity index (χ1n) is 10.6. The summed E-state index contributed by atoms with van der Waals surface area (Å²) in [5.74, 6) is 1.32. The number of carbonyl (C=O) groups excluding carboxylic acids is 2. The summed E-state index contributed by atoms with van der Waals surface area (Å²) >= 11 is 0. The lowest BCUT2D eigenvalue weighted by Gasteiger charge is -2.10. The van der Waals surface area contributed by atoms with Crippen LogP contribution in [-0.2, 0) is 11.2 Å². The van der Waals surface area contributed by atoms with E-state index in [1.165, 1.54) is 6.08 Å². The Balaban J connectivity index is 1.37. The fraction of sp³-hybridized carbons (Fsp3) is 0.333. The van der Waals surface area contributed by atoms with Gasteiger partial charge in [-0.05, 0) is 69.2 Å². The lowest BCUT2D eigenvalue weighted by molar-refractivity contribution is -0.111. The van der Waals surface area contributed by atoms with Crippen LogP contribution >= 0.6 is 0 Å². The van der Waals surface area contributed by atoms with Gasteiger partial charge >= 0.3 is 6.03 Å². The first kappa shape index (κ1) is 20.8. The molecule has 2 aromatic carbocycles. The number of rotatable bonds is 7. The molecule has 1 unspecified atom stereocenters. The van der Waals surface area contributed by atoms with Crippen molar-refractivity contribution in [2.75, 3.05) is 17.2 Å². The number of carbonyl (C=O) groups is 2. The van der Waals surface area contributed by atoms with E-state index >= 15 is 0 Å². The van der Waals surface area contributed by atoms with Crippen LogP contribution in [0, 0.1) is 0 Å². The van der Waals surface area contributed by atoms with Crippen LogP contribution < -0.4 is 25.4 Å². The molecule has 31 heavy (non-hydrogen) atoms. The zero-order valence-corrected chi connectivity index (χ0v) is 17.7. The Morgan fingerprint density at radius 1 is 1.13 bits per heavy atom. The smallest absolute Gasteiger partial charge is 0.319 e. The van der Waals surface area contributed by atoms with Gasteiger partial charge < -0.3 is 25.4 Å². The number of nitrogens with one attached hydrogen (secondary N) is 3. The SMILES string of the molecule is CCOc1cc2c(cc1/C=C/C(=O)Nc1ccc(NC(=O)NC3CC3)cc1)OC(C)C2. The molecule has 1 heterocycles. The predicted molar refractivity (Wildman–Crippen MR) is 121 cm³/mol. The second-order valence-electron chi connectivity index (χ2n) is 7.84. The van der Waals surface area contributed by atoms with Gasteiger partial charge in [-0.15, -0.1) is 0 Å². The Bertz CT molecular complexity index is 997. The molecule has 2 aromatic rings. The van der Waals surface area contributed by atoms with Gasteiger partial charge in [0.05, 0.1) is 6.61 Å². The highest BCUT2D eigenvalue weighted by atomic mass is 16.5. The Kier molecular flexibility index (Phi) is 6.11. The average Bonchev–Trinajstić information content (AvgIpc) is 3.46. The standard InChI is InChI=1S/C24H27N3O4/c1-3-30-21-14-17-12-15(2)31-22(17)13-16(21)4-11-23(28)25-18-5-7-19(8-6-18)26-24(29)27-20-9-10-20/h4-8,11,13-15,20H,3,9-10,12H2,1-2H3,(H,25,28)(H2,26,27,29)/b11-4+. The summed E-state index contributed by atoms with van der Waals surface area (Å²) in [4.78, 5) is 24.2. The van der Waals surface area contributed by atoms with Crippen molar-refractivity contribution >= 4 is 29.4 Å². The second kappa shape index (κ2) is 9.12. The molecule has 0 saturated heterocycles. The Labute approximate surface area is 181 Å². The van der Waals surface area contributed by atoms with Crippen LogP contribution in [0.5, 0.6) is 11.5 Å². The molecule has 0 spiro atoms. The minimum Gasteiger partial charge on any atom is -0.493 e. The molecule has 1 aliphatic heterocycles. The maximum Gasteiger partial charge on any atom is 0.319 e. The Morgan fingerprint density at radius 2 is 1.84 bits per heavy atom. The van der Waals surface area contributed by atoms with E-state index in [0.717, 1.165) is 41.9 Å². The highest BCUT2D eigenvalue weighted by Gasteiger charge is 2.23. The van der Waals surface area contributed by atoms with Crippen LogP contribution in [-0.4, -0.2) is 30.7 Å². The van der Waals surface area contributed by atoms with E-state index in [1.807, 2.05) is 26.0 Å². The number of fused-ring (bicyclic) bond motifs is 1. The summed E-state index contributed by atoms with van der Waals surface area (Å²) in [6.45, 7) is 4.51. The van der Waals surface area contributed by atoms with E-state index in [-0.39, 0.29) is 18.0 Å². The summed E-state index contributed by atoms with van der Waals surface area (Å²) in [5, 5.41) is 8.46. The monoisotopic (exact) mass is 421 g/mol. The summed E-state index contributed by atoms with van der Waals surface area (Å²) < 4.78 is 11.6. The number of anilines is 2. The molecule has 4 rings (SSSR count). The summed E-state index contributed by atoms with van der Waals surface area (Å²) in [5.41, 5.74) is 3.22. The molecular formula is C24H27N3O4. The lowest BCUT2D eigenvalue weighted by Crippen LogP contribution is -2.30. The van der Waals surface area contributed by atoms with Gasteiger partial charge in [0.1, 0.15) is 17.6 Å². The molecule has 1 saturated carbocycles. The maximum absolute atomic E-state index is 12.4. The number of hydrogen-bond acceptors (Lipinski definition) is 4. The molecule has 2 aliphatic rings. The third-order valence-electron chi connectivity index (χ3n) is 5.07. The molecule has 7 nitrogen and oxygen atoms in total. The van der Waals surface area contributed by atoms with E-state index in [0.29, 0.717) is 24.0 Å². The fourth-order valence-corrected chi connectivity index (χ4v) is 3.43. The van der Waals surface area contributed by atoms with Gasteiger partial charge in [-0.3, -0.25) is 4.79 Å². The zero-order chi connectivity index (χ0) is 21.8. The van der Waals surface area contributed by atoms with Gasteiger partial charge in [0.15, 0.2) is 0 Å². The summed E-state index contributed by atoms with van der Waals surface area (Å²) in [6, 6.07) is 11.0. The van der Waals surface area contributed by atoms with Crippen molar-refractivity contribution in [3.63, 3.8) is 0 Å². The van der Waals surface area contributed by atoms with Crippen molar-refractivity contribution in [3.05, 3.63) is 53.6 Å². The zero-order valence-electron chi connectivity index (χ0n) is 17.7. The molecule has 1 fully saturated rings. The number of ether oxygens (including phenoxy) is 2. The topological polar surface area (TPSA) is 88.7 Å². The fourth-order valence-electron chi connectivity index (χ4n) is 3.43. The average molecular weight is 421 g/mol. The predicted octanol–water partition coefficient (Wildman–Crippen LogP) is 4.34. The van der Waals surface area contributed by atoms with Crippen LogP contribution in [0.2, 0.25) is 0 Å². The van der Waals surface area contributed by atoms with Gasteiger partial charge in [0.2, 0.25) is 5.91 Å². The number of urea groups is 1. The number of benzene rings is 2. The highest BCUT2D eigenvalue weighted by molar-refractivity contribution is 6.02. The molecule has 1 aliphatic carbocycles. The molecule has 7 heteroatoms. The largest absolute Gasteiger partial charge is 0.493 e. The van der Waals surface area contributed by atoms with Crippen molar-refractivity contribution in [2.24, 2.45) is 0 Å². The molecule has 3 amide bonds. The third kappa shape index (κ3) is 5.57. The molecule has 3 N–H and O–H groups in total. The first-order chi connectivity index (χ1) is 15.0. The van der Waals surface area contributed by atoms with E-state index < -0.39 is 0 Å². The van der Waals surface area contributed by atoms with E-state index in [9.17, 15) is 9.59 Å². The second-order valence-corrected chi connectivity index (χ2v) is 7.84. The van der Waals surface area contributed by atoms with Crippen molar-refractivity contribution in [2.45, 2.75) is 45.3 Å². The van der Waals surface area contributed by atoms with Crippen LogP contribution in [0.25, 0.3) is 6.08 Å².